The fraction of sp³-hybridized carbons (Fsp3) is 0.308. The molecule has 0 aliphatic rings. The van der Waals surface area contributed by atoms with Crippen LogP contribution in [0.2, 0.25) is 10.0 Å². The summed E-state index contributed by atoms with van der Waals surface area (Å²) >= 11 is 14.2. The number of amides is 1. The molecule has 2 rings (SSSR count). The first-order chi connectivity index (χ1) is 11.8. The number of sulfonamides is 1. The van der Waals surface area contributed by atoms with Crippen molar-refractivity contribution in [2.24, 2.45) is 0 Å². The van der Waals surface area contributed by atoms with Gasteiger partial charge in [0.25, 0.3) is 10.0 Å². The topological polar surface area (TPSA) is 101 Å². The van der Waals surface area contributed by atoms with E-state index in [4.69, 9.17) is 23.2 Å². The predicted octanol–water partition coefficient (Wildman–Crippen LogP) is 3.02. The van der Waals surface area contributed by atoms with Gasteiger partial charge < -0.3 is 5.32 Å². The third-order valence-electron chi connectivity index (χ3n) is 2.73. The molecule has 0 aliphatic heterocycles. The zero-order valence-corrected chi connectivity index (χ0v) is 16.9. The maximum absolute atomic E-state index is 12.1. The van der Waals surface area contributed by atoms with Gasteiger partial charge in [-0.05, 0) is 17.7 Å². The molecule has 136 valence electrons. The molecule has 0 unspecified atom stereocenters. The van der Waals surface area contributed by atoms with Crippen LogP contribution in [-0.4, -0.2) is 36.8 Å². The van der Waals surface area contributed by atoms with Crippen LogP contribution in [-0.2, 0) is 20.6 Å². The van der Waals surface area contributed by atoms with E-state index in [1.807, 2.05) is 6.07 Å². The molecule has 7 nitrogen and oxygen atoms in total. The molecule has 0 fully saturated rings. The Bertz CT molecular complexity index is 858. The molecule has 0 aliphatic carbocycles. The quantitative estimate of drug-likeness (QED) is 0.483. The predicted molar refractivity (Wildman–Crippen MR) is 102 cm³/mol. The van der Waals surface area contributed by atoms with Crippen LogP contribution in [0.15, 0.2) is 22.5 Å². The van der Waals surface area contributed by atoms with Gasteiger partial charge in [-0.2, -0.15) is 11.8 Å². The zero-order chi connectivity index (χ0) is 18.4. The van der Waals surface area contributed by atoms with Gasteiger partial charge in [-0.25, -0.2) is 13.1 Å². The molecule has 2 N–H and O–H groups in total. The van der Waals surface area contributed by atoms with Crippen molar-refractivity contribution >= 4 is 67.4 Å². The molecule has 0 saturated heterocycles. The van der Waals surface area contributed by atoms with Crippen LogP contribution in [0, 0.1) is 0 Å². The molecule has 2 aromatic rings. The van der Waals surface area contributed by atoms with Crippen LogP contribution in [0.3, 0.4) is 0 Å². The van der Waals surface area contributed by atoms with Crippen molar-refractivity contribution in [2.45, 2.75) is 17.0 Å². The molecular weight excluding hydrogens is 427 g/mol. The Hall–Kier alpha value is -0.910. The Morgan fingerprint density at radius 1 is 1.32 bits per heavy atom. The Labute approximate surface area is 163 Å². The summed E-state index contributed by atoms with van der Waals surface area (Å²) < 4.78 is 26.4. The number of nitrogens with one attached hydrogen (secondary N) is 2. The zero-order valence-electron chi connectivity index (χ0n) is 13.0. The molecule has 1 amide bonds. The summed E-state index contributed by atoms with van der Waals surface area (Å²) in [5.74, 6) is 0.851. The summed E-state index contributed by atoms with van der Waals surface area (Å²) in [5, 5.41) is 10.9. The van der Waals surface area contributed by atoms with Gasteiger partial charge in [0.15, 0.2) is 0 Å². The lowest BCUT2D eigenvalue weighted by Crippen LogP contribution is -2.26. The average Bonchev–Trinajstić information content (AvgIpc) is 2.97. The minimum Gasteiger partial charge on any atom is -0.301 e. The van der Waals surface area contributed by atoms with Gasteiger partial charge in [-0.15, -0.1) is 10.2 Å². The third kappa shape index (κ3) is 6.39. The molecule has 1 heterocycles. The van der Waals surface area contributed by atoms with Crippen LogP contribution in [0.5, 0.6) is 0 Å². The Balaban J connectivity index is 1.80. The molecule has 0 saturated carbocycles. The second kappa shape index (κ2) is 9.15. The van der Waals surface area contributed by atoms with Crippen molar-refractivity contribution in [3.63, 3.8) is 0 Å². The summed E-state index contributed by atoms with van der Waals surface area (Å²) in [6.07, 6.45) is 0. The number of benzene rings is 1. The van der Waals surface area contributed by atoms with E-state index in [9.17, 15) is 13.2 Å². The SMILES string of the molecule is CC(=O)Nc1nnc(S(=O)(=O)NCCSCc2ccc(Cl)cc2Cl)s1. The van der Waals surface area contributed by atoms with Crippen molar-refractivity contribution in [2.75, 3.05) is 17.6 Å². The first-order valence-electron chi connectivity index (χ1n) is 6.90. The highest BCUT2D eigenvalue weighted by Gasteiger charge is 2.20. The molecule has 0 atom stereocenters. The smallest absolute Gasteiger partial charge is 0.269 e. The van der Waals surface area contributed by atoms with Crippen LogP contribution in [0.4, 0.5) is 5.13 Å². The van der Waals surface area contributed by atoms with Crippen molar-refractivity contribution in [1.82, 2.24) is 14.9 Å². The Kier molecular flexibility index (Phi) is 7.47. The van der Waals surface area contributed by atoms with E-state index < -0.39 is 10.0 Å². The van der Waals surface area contributed by atoms with Crippen molar-refractivity contribution in [1.29, 1.82) is 0 Å². The standard InChI is InChI=1S/C13H14Cl2N4O3S3/c1-8(20)17-12-18-19-13(24-12)25(21,22)16-4-5-23-7-9-2-3-10(14)6-11(9)15/h2-3,6,16H,4-5,7H2,1H3,(H,17,18,20). The highest BCUT2D eigenvalue weighted by atomic mass is 35.5. The minimum atomic E-state index is -3.75. The fourth-order valence-corrected chi connectivity index (χ4v) is 5.21. The number of hydrogen-bond acceptors (Lipinski definition) is 7. The van der Waals surface area contributed by atoms with Gasteiger partial charge in [0.1, 0.15) is 0 Å². The fourth-order valence-electron chi connectivity index (χ4n) is 1.65. The number of rotatable bonds is 8. The third-order valence-corrected chi connectivity index (χ3v) is 6.99. The van der Waals surface area contributed by atoms with Gasteiger partial charge in [0.05, 0.1) is 0 Å². The summed E-state index contributed by atoms with van der Waals surface area (Å²) in [4.78, 5) is 10.9. The van der Waals surface area contributed by atoms with Crippen LogP contribution >= 0.6 is 46.3 Å². The Morgan fingerprint density at radius 3 is 2.76 bits per heavy atom. The van der Waals surface area contributed by atoms with E-state index in [0.29, 0.717) is 21.6 Å². The second-order valence-electron chi connectivity index (χ2n) is 4.74. The summed E-state index contributed by atoms with van der Waals surface area (Å²) in [6, 6.07) is 5.27. The van der Waals surface area contributed by atoms with Gasteiger partial charge in [0, 0.05) is 35.0 Å². The molecule has 25 heavy (non-hydrogen) atoms. The second-order valence-corrected chi connectivity index (χ2v) is 9.61. The summed E-state index contributed by atoms with van der Waals surface area (Å²) in [6.45, 7) is 1.53. The van der Waals surface area contributed by atoms with Crippen LogP contribution < -0.4 is 10.0 Å². The molecule has 1 aromatic carbocycles. The van der Waals surface area contributed by atoms with Crippen molar-refractivity contribution in [3.8, 4) is 0 Å². The largest absolute Gasteiger partial charge is 0.301 e. The lowest BCUT2D eigenvalue weighted by atomic mass is 10.2. The number of carbonyl (C=O) groups excluding carboxylic acids is 1. The number of aromatic nitrogens is 2. The van der Waals surface area contributed by atoms with E-state index in [0.717, 1.165) is 16.9 Å². The van der Waals surface area contributed by atoms with Gasteiger partial charge in [-0.3, -0.25) is 4.79 Å². The summed E-state index contributed by atoms with van der Waals surface area (Å²) in [7, 11) is -3.75. The molecule has 1 aromatic heterocycles. The van der Waals surface area contributed by atoms with E-state index in [2.05, 4.69) is 20.2 Å². The van der Waals surface area contributed by atoms with E-state index in [1.54, 1.807) is 12.1 Å². The highest BCUT2D eigenvalue weighted by molar-refractivity contribution is 7.98. The van der Waals surface area contributed by atoms with Crippen molar-refractivity contribution < 1.29 is 13.2 Å². The monoisotopic (exact) mass is 440 g/mol. The van der Waals surface area contributed by atoms with E-state index in [-0.39, 0.29) is 21.9 Å². The molecular formula is C13H14Cl2N4O3S3. The highest BCUT2D eigenvalue weighted by Crippen LogP contribution is 2.24. The number of thioether (sulfide) groups is 1. The lowest BCUT2D eigenvalue weighted by Gasteiger charge is -2.06. The van der Waals surface area contributed by atoms with Crippen LogP contribution in [0.1, 0.15) is 12.5 Å². The van der Waals surface area contributed by atoms with Crippen LogP contribution in [0.25, 0.3) is 0 Å². The maximum Gasteiger partial charge on any atom is 0.269 e. The van der Waals surface area contributed by atoms with E-state index >= 15 is 0 Å². The van der Waals surface area contributed by atoms with Gasteiger partial charge in [0.2, 0.25) is 15.4 Å². The normalized spacial score (nSPS) is 11.5. The molecule has 0 bridgehead atoms. The van der Waals surface area contributed by atoms with Gasteiger partial charge in [-0.1, -0.05) is 40.6 Å². The molecule has 0 radical (unpaired) electrons. The Morgan fingerprint density at radius 2 is 2.08 bits per heavy atom. The number of halogens is 2. The number of hydrogen-bond donors (Lipinski definition) is 2. The van der Waals surface area contributed by atoms with E-state index in [1.165, 1.54) is 18.7 Å². The molecule has 0 spiro atoms. The first-order valence-corrected chi connectivity index (χ1v) is 11.1. The lowest BCUT2D eigenvalue weighted by molar-refractivity contribution is -0.114. The first kappa shape index (κ1) is 20.4. The average molecular weight is 441 g/mol. The minimum absolute atomic E-state index is 0.139. The maximum atomic E-state index is 12.1. The number of nitrogens with zero attached hydrogens (tertiary/aromatic N) is 2. The number of anilines is 1. The summed E-state index contributed by atoms with van der Waals surface area (Å²) in [5.41, 5.74) is 0.933. The number of carbonyl (C=O) groups is 1. The van der Waals surface area contributed by atoms with Crippen molar-refractivity contribution in [3.05, 3.63) is 33.8 Å². The van der Waals surface area contributed by atoms with Gasteiger partial charge >= 0.3 is 0 Å². The molecule has 12 heteroatoms.